The summed E-state index contributed by atoms with van der Waals surface area (Å²) in [6, 6.07) is 11.2. The molecule has 118 valence electrons. The number of hydrogen-bond acceptors (Lipinski definition) is 6. The predicted molar refractivity (Wildman–Crippen MR) is 83.1 cm³/mol. The first-order valence-electron chi connectivity index (χ1n) is 7.14. The zero-order chi connectivity index (χ0) is 16.5. The maximum atomic E-state index is 10.7. The van der Waals surface area contributed by atoms with E-state index in [4.69, 9.17) is 9.63 Å². The zero-order valence-corrected chi connectivity index (χ0v) is 12.3. The Morgan fingerprint density at radius 1 is 1.17 bits per heavy atom. The van der Waals surface area contributed by atoms with E-state index in [9.17, 15) is 4.79 Å². The van der Waals surface area contributed by atoms with Gasteiger partial charge in [-0.25, -0.2) is 9.50 Å². The van der Waals surface area contributed by atoms with Crippen LogP contribution >= 0.6 is 0 Å². The van der Waals surface area contributed by atoms with Crippen molar-refractivity contribution in [3.63, 3.8) is 0 Å². The van der Waals surface area contributed by atoms with Crippen LogP contribution in [0.1, 0.15) is 5.89 Å². The maximum absolute atomic E-state index is 10.7. The minimum Gasteiger partial charge on any atom is -0.481 e. The molecule has 0 saturated heterocycles. The summed E-state index contributed by atoms with van der Waals surface area (Å²) in [4.78, 5) is 19.3. The van der Waals surface area contributed by atoms with E-state index < -0.39 is 5.97 Å². The monoisotopic (exact) mass is 321 g/mol. The van der Waals surface area contributed by atoms with E-state index in [1.54, 1.807) is 10.7 Å². The van der Waals surface area contributed by atoms with Gasteiger partial charge in [-0.1, -0.05) is 23.4 Å². The minimum absolute atomic E-state index is 0.0693. The lowest BCUT2D eigenvalue weighted by atomic mass is 10.1. The van der Waals surface area contributed by atoms with Gasteiger partial charge in [0.25, 0.3) is 0 Å². The van der Waals surface area contributed by atoms with Crippen molar-refractivity contribution in [3.05, 3.63) is 54.7 Å². The first kappa shape index (κ1) is 14.1. The van der Waals surface area contributed by atoms with Gasteiger partial charge in [-0.2, -0.15) is 10.1 Å². The normalized spacial score (nSPS) is 11.0. The van der Waals surface area contributed by atoms with Crippen molar-refractivity contribution in [2.75, 3.05) is 0 Å². The van der Waals surface area contributed by atoms with Crippen LogP contribution in [0, 0.1) is 0 Å². The lowest BCUT2D eigenvalue weighted by Crippen LogP contribution is -1.99. The number of hydrogen-bond donors (Lipinski definition) is 1. The largest absolute Gasteiger partial charge is 0.481 e. The highest BCUT2D eigenvalue weighted by Crippen LogP contribution is 2.24. The molecule has 4 rings (SSSR count). The van der Waals surface area contributed by atoms with Gasteiger partial charge in [0.15, 0.2) is 5.65 Å². The smallest absolute Gasteiger partial charge is 0.312 e. The number of nitrogens with zero attached hydrogens (tertiary/aromatic N) is 5. The van der Waals surface area contributed by atoms with Crippen molar-refractivity contribution in [2.24, 2.45) is 0 Å². The Morgan fingerprint density at radius 3 is 2.88 bits per heavy atom. The van der Waals surface area contributed by atoms with E-state index in [-0.39, 0.29) is 12.3 Å². The van der Waals surface area contributed by atoms with E-state index in [1.165, 1.54) is 0 Å². The molecule has 0 fully saturated rings. The fourth-order valence-electron chi connectivity index (χ4n) is 2.36. The van der Waals surface area contributed by atoms with Gasteiger partial charge in [0.05, 0.1) is 11.9 Å². The molecule has 8 heteroatoms. The van der Waals surface area contributed by atoms with Crippen LogP contribution in [0.5, 0.6) is 0 Å². The number of benzene rings is 1. The Morgan fingerprint density at radius 2 is 2.04 bits per heavy atom. The number of fused-ring (bicyclic) bond motifs is 1. The minimum atomic E-state index is -1.02. The van der Waals surface area contributed by atoms with Gasteiger partial charge < -0.3 is 9.63 Å². The molecule has 0 aliphatic carbocycles. The fraction of sp³-hybridized carbons (Fsp3) is 0.0625. The van der Waals surface area contributed by atoms with Crippen LogP contribution < -0.4 is 0 Å². The van der Waals surface area contributed by atoms with Crippen molar-refractivity contribution in [2.45, 2.75) is 6.42 Å². The molecule has 3 aromatic heterocycles. The first-order chi connectivity index (χ1) is 11.7. The average molecular weight is 321 g/mol. The summed E-state index contributed by atoms with van der Waals surface area (Å²) in [5, 5.41) is 16.8. The van der Waals surface area contributed by atoms with Crippen molar-refractivity contribution in [3.8, 4) is 22.6 Å². The summed E-state index contributed by atoms with van der Waals surface area (Å²) < 4.78 is 6.65. The molecule has 24 heavy (non-hydrogen) atoms. The molecule has 0 spiro atoms. The molecular weight excluding hydrogens is 310 g/mol. The quantitative estimate of drug-likeness (QED) is 0.613. The Balaban J connectivity index is 1.70. The molecule has 3 heterocycles. The van der Waals surface area contributed by atoms with Crippen LogP contribution in [0.2, 0.25) is 0 Å². The van der Waals surface area contributed by atoms with E-state index in [0.717, 1.165) is 22.5 Å². The van der Waals surface area contributed by atoms with Crippen LogP contribution in [0.25, 0.3) is 28.3 Å². The Labute approximate surface area is 135 Å². The van der Waals surface area contributed by atoms with Crippen LogP contribution in [0.3, 0.4) is 0 Å². The number of rotatable bonds is 4. The Kier molecular flexibility index (Phi) is 3.27. The third kappa shape index (κ3) is 2.60. The van der Waals surface area contributed by atoms with E-state index in [0.29, 0.717) is 5.82 Å². The zero-order valence-electron chi connectivity index (χ0n) is 12.3. The highest BCUT2D eigenvalue weighted by molar-refractivity contribution is 5.70. The third-order valence-corrected chi connectivity index (χ3v) is 3.42. The van der Waals surface area contributed by atoms with Gasteiger partial charge in [0.2, 0.25) is 11.7 Å². The number of carboxylic acid groups (broad SMARTS) is 1. The standard InChI is InChI=1S/C16H11N5O3/c22-15(23)8-14-19-16(20-24-14)11-4-1-3-10(7-11)12-9-21-13(18-12)5-2-6-17-21/h1-7,9H,8H2,(H,22,23). The Hall–Kier alpha value is -3.55. The van der Waals surface area contributed by atoms with Gasteiger partial charge in [-0.05, 0) is 18.2 Å². The second kappa shape index (κ2) is 5.58. The van der Waals surface area contributed by atoms with Gasteiger partial charge in [0.1, 0.15) is 6.42 Å². The molecule has 0 atom stereocenters. The van der Waals surface area contributed by atoms with Crippen LogP contribution in [-0.4, -0.2) is 35.8 Å². The van der Waals surface area contributed by atoms with E-state index in [1.807, 2.05) is 42.6 Å². The Bertz CT molecular complexity index is 1000. The van der Waals surface area contributed by atoms with Crippen LogP contribution in [0.15, 0.2) is 53.3 Å². The first-order valence-corrected chi connectivity index (χ1v) is 7.14. The summed E-state index contributed by atoms with van der Waals surface area (Å²) >= 11 is 0. The average Bonchev–Trinajstić information content (AvgIpc) is 3.21. The molecule has 0 aliphatic heterocycles. The van der Waals surface area contributed by atoms with Crippen molar-refractivity contribution < 1.29 is 14.4 Å². The molecular formula is C16H11N5O3. The van der Waals surface area contributed by atoms with Gasteiger partial charge in [-0.3, -0.25) is 4.79 Å². The topological polar surface area (TPSA) is 106 Å². The van der Waals surface area contributed by atoms with Crippen LogP contribution in [0.4, 0.5) is 0 Å². The molecule has 0 unspecified atom stereocenters. The van der Waals surface area contributed by atoms with Crippen molar-refractivity contribution in [1.82, 2.24) is 24.7 Å². The highest BCUT2D eigenvalue weighted by atomic mass is 16.5. The van der Waals surface area contributed by atoms with Crippen molar-refractivity contribution >= 4 is 11.6 Å². The molecule has 0 radical (unpaired) electrons. The van der Waals surface area contributed by atoms with Crippen LogP contribution in [-0.2, 0) is 11.2 Å². The van der Waals surface area contributed by atoms with Crippen molar-refractivity contribution in [1.29, 1.82) is 0 Å². The molecule has 8 nitrogen and oxygen atoms in total. The number of carbonyl (C=O) groups is 1. The third-order valence-electron chi connectivity index (χ3n) is 3.42. The second-order valence-electron chi connectivity index (χ2n) is 5.12. The molecule has 1 N–H and O–H groups in total. The SMILES string of the molecule is O=C(O)Cc1nc(-c2cccc(-c3cn4ncccc4n3)c2)no1. The predicted octanol–water partition coefficient (Wildman–Crippen LogP) is 2.07. The van der Waals surface area contributed by atoms with Gasteiger partial charge >= 0.3 is 5.97 Å². The molecule has 0 bridgehead atoms. The summed E-state index contributed by atoms with van der Waals surface area (Å²) in [6.45, 7) is 0. The van der Waals surface area contributed by atoms with E-state index >= 15 is 0 Å². The molecule has 4 aromatic rings. The van der Waals surface area contributed by atoms with Gasteiger partial charge in [0, 0.05) is 17.3 Å². The molecule has 0 amide bonds. The summed E-state index contributed by atoms with van der Waals surface area (Å²) in [5.74, 6) is -0.606. The van der Waals surface area contributed by atoms with E-state index in [2.05, 4.69) is 20.2 Å². The number of carboxylic acids is 1. The molecule has 0 saturated carbocycles. The summed E-state index contributed by atoms with van der Waals surface area (Å²) in [5.41, 5.74) is 3.12. The summed E-state index contributed by atoms with van der Waals surface area (Å²) in [6.07, 6.45) is 3.23. The number of aromatic nitrogens is 5. The molecule has 0 aliphatic rings. The lowest BCUT2D eigenvalue weighted by molar-refractivity contribution is -0.136. The number of imidazole rings is 1. The second-order valence-corrected chi connectivity index (χ2v) is 5.12. The maximum Gasteiger partial charge on any atom is 0.312 e. The summed E-state index contributed by atoms with van der Waals surface area (Å²) in [7, 11) is 0. The van der Waals surface area contributed by atoms with Gasteiger partial charge in [-0.15, -0.1) is 0 Å². The lowest BCUT2D eigenvalue weighted by Gasteiger charge is -1.98. The number of aliphatic carboxylic acids is 1. The molecule has 1 aromatic carbocycles. The fourth-order valence-corrected chi connectivity index (χ4v) is 2.36. The highest BCUT2D eigenvalue weighted by Gasteiger charge is 2.13.